The highest BCUT2D eigenvalue weighted by Crippen LogP contribution is 2.21. The molecule has 130 valence electrons. The molecule has 1 unspecified atom stereocenters. The van der Waals surface area contributed by atoms with E-state index in [1.54, 1.807) is 25.3 Å². The van der Waals surface area contributed by atoms with Crippen molar-refractivity contribution in [3.8, 4) is 0 Å². The van der Waals surface area contributed by atoms with Crippen LogP contribution in [-0.2, 0) is 14.8 Å². The van der Waals surface area contributed by atoms with E-state index in [-0.39, 0.29) is 22.5 Å². The van der Waals surface area contributed by atoms with Crippen molar-refractivity contribution in [2.45, 2.75) is 23.3 Å². The first-order valence-corrected chi connectivity index (χ1v) is 9.29. The van der Waals surface area contributed by atoms with Gasteiger partial charge in [0.25, 0.3) is 0 Å². The van der Waals surface area contributed by atoms with Gasteiger partial charge in [0.2, 0.25) is 15.6 Å². The van der Waals surface area contributed by atoms with Crippen LogP contribution in [0, 0.1) is 0 Å². The summed E-state index contributed by atoms with van der Waals surface area (Å²) >= 11 is 0. The Morgan fingerprint density at radius 3 is 2.83 bits per heavy atom. The van der Waals surface area contributed by atoms with Crippen LogP contribution in [0.1, 0.15) is 12.8 Å². The van der Waals surface area contributed by atoms with E-state index in [1.165, 1.54) is 12.1 Å². The topological polar surface area (TPSA) is 100 Å². The van der Waals surface area contributed by atoms with Crippen LogP contribution in [0.5, 0.6) is 0 Å². The summed E-state index contributed by atoms with van der Waals surface area (Å²) < 4.78 is 33.1. The molecule has 2 heterocycles. The fraction of sp³-hybridized carbons (Fsp3) is 0.438. The molecule has 24 heavy (non-hydrogen) atoms. The number of benzene rings is 1. The third-order valence-electron chi connectivity index (χ3n) is 4.36. The summed E-state index contributed by atoms with van der Waals surface area (Å²) in [7, 11) is -2.03. The van der Waals surface area contributed by atoms with Crippen LogP contribution in [-0.4, -0.2) is 45.7 Å². The minimum absolute atomic E-state index is 0.174. The van der Waals surface area contributed by atoms with E-state index >= 15 is 0 Å². The van der Waals surface area contributed by atoms with E-state index in [1.807, 2.05) is 0 Å². The number of H-pyrrole nitrogens is 1. The van der Waals surface area contributed by atoms with Gasteiger partial charge in [0.1, 0.15) is 0 Å². The molecule has 1 aliphatic heterocycles. The van der Waals surface area contributed by atoms with Gasteiger partial charge in [0.05, 0.1) is 17.0 Å². The van der Waals surface area contributed by atoms with Crippen molar-refractivity contribution in [1.82, 2.24) is 15.0 Å². The van der Waals surface area contributed by atoms with Crippen LogP contribution in [0.3, 0.4) is 0 Å². The van der Waals surface area contributed by atoms with Crippen molar-refractivity contribution in [3.05, 3.63) is 40.7 Å². The molecule has 2 aromatic rings. The van der Waals surface area contributed by atoms with Gasteiger partial charge in [-0.05, 0) is 49.0 Å². The first-order valence-electron chi connectivity index (χ1n) is 7.81. The Labute approximate surface area is 140 Å². The predicted molar refractivity (Wildman–Crippen MR) is 91.6 cm³/mol. The first kappa shape index (κ1) is 17.1. The minimum atomic E-state index is -3.64. The van der Waals surface area contributed by atoms with Crippen LogP contribution in [0.25, 0.3) is 10.9 Å². The summed E-state index contributed by atoms with van der Waals surface area (Å²) in [4.78, 5) is 14.2. The van der Waals surface area contributed by atoms with Gasteiger partial charge in [0, 0.05) is 25.2 Å². The molecular weight excluding hydrogens is 330 g/mol. The summed E-state index contributed by atoms with van der Waals surface area (Å²) in [6, 6.07) is 7.63. The Kier molecular flexibility index (Phi) is 4.73. The van der Waals surface area contributed by atoms with Gasteiger partial charge in [-0.2, -0.15) is 0 Å². The molecule has 1 saturated heterocycles. The molecule has 3 N–H and O–H groups in total. The van der Waals surface area contributed by atoms with Gasteiger partial charge in [-0.3, -0.25) is 4.79 Å². The van der Waals surface area contributed by atoms with Crippen LogP contribution >= 0.6 is 0 Å². The van der Waals surface area contributed by atoms with E-state index in [0.29, 0.717) is 17.5 Å². The van der Waals surface area contributed by atoms with Gasteiger partial charge >= 0.3 is 0 Å². The zero-order valence-electron chi connectivity index (χ0n) is 13.5. The van der Waals surface area contributed by atoms with Crippen LogP contribution in [0.2, 0.25) is 0 Å². The summed E-state index contributed by atoms with van der Waals surface area (Å²) in [5.74, 6) is 0. The molecule has 0 bridgehead atoms. The second-order valence-corrected chi connectivity index (χ2v) is 7.91. The van der Waals surface area contributed by atoms with E-state index in [9.17, 15) is 13.2 Å². The van der Waals surface area contributed by atoms with Crippen molar-refractivity contribution in [3.63, 3.8) is 0 Å². The average molecular weight is 351 g/mol. The molecule has 1 aliphatic rings. The normalized spacial score (nSPS) is 21.4. The summed E-state index contributed by atoms with van der Waals surface area (Å²) in [6.45, 7) is 1.58. The lowest BCUT2D eigenvalue weighted by molar-refractivity contribution is 0.122. The fourth-order valence-corrected chi connectivity index (χ4v) is 4.25. The summed E-state index contributed by atoms with van der Waals surface area (Å²) in [5.41, 5.74) is 0.0315. The Bertz CT molecular complexity index is 886. The van der Waals surface area contributed by atoms with Gasteiger partial charge in [-0.1, -0.05) is 0 Å². The molecule has 1 fully saturated rings. The standard InChI is InChI=1S/C16H21N3O4S/c1-23-11-16(7-2-8-17-16)10-18-24(21,22)13-4-5-14-12(9-13)3-6-15(20)19-14/h3-6,9,17-18H,2,7-8,10-11H2,1H3,(H,19,20). The molecule has 0 radical (unpaired) electrons. The smallest absolute Gasteiger partial charge is 0.248 e. The number of ether oxygens (including phenoxy) is 1. The maximum atomic E-state index is 12.6. The zero-order valence-corrected chi connectivity index (χ0v) is 14.3. The minimum Gasteiger partial charge on any atom is -0.383 e. The highest BCUT2D eigenvalue weighted by molar-refractivity contribution is 7.89. The molecule has 1 aromatic heterocycles. The van der Waals surface area contributed by atoms with Gasteiger partial charge < -0.3 is 15.0 Å². The number of hydrogen-bond acceptors (Lipinski definition) is 5. The zero-order chi connectivity index (χ0) is 17.2. The number of hydrogen-bond donors (Lipinski definition) is 3. The van der Waals surface area contributed by atoms with E-state index in [0.717, 1.165) is 19.4 Å². The number of pyridine rings is 1. The monoisotopic (exact) mass is 351 g/mol. The fourth-order valence-electron chi connectivity index (χ4n) is 3.09. The molecule has 0 amide bonds. The SMILES string of the molecule is COCC1(CNS(=O)(=O)c2ccc3[nH]c(=O)ccc3c2)CCCN1. The van der Waals surface area contributed by atoms with Crippen molar-refractivity contribution in [1.29, 1.82) is 0 Å². The molecule has 8 heteroatoms. The highest BCUT2D eigenvalue weighted by Gasteiger charge is 2.34. The number of nitrogens with one attached hydrogen (secondary N) is 3. The van der Waals surface area contributed by atoms with E-state index < -0.39 is 10.0 Å². The summed E-state index contributed by atoms with van der Waals surface area (Å²) in [6.07, 6.45) is 1.86. The Morgan fingerprint density at radius 1 is 1.29 bits per heavy atom. The molecular formula is C16H21N3O4S. The van der Waals surface area contributed by atoms with Crippen molar-refractivity contribution in [2.75, 3.05) is 26.8 Å². The lowest BCUT2D eigenvalue weighted by Gasteiger charge is -2.28. The predicted octanol–water partition coefficient (Wildman–Crippen LogP) is 0.575. The third kappa shape index (κ3) is 3.51. The van der Waals surface area contributed by atoms with Crippen molar-refractivity contribution in [2.24, 2.45) is 0 Å². The molecule has 3 rings (SSSR count). The second-order valence-electron chi connectivity index (χ2n) is 6.14. The Hall–Kier alpha value is -1.74. The Balaban J connectivity index is 1.82. The van der Waals surface area contributed by atoms with Crippen molar-refractivity contribution < 1.29 is 13.2 Å². The number of aromatic amines is 1. The van der Waals surface area contributed by atoms with Crippen LogP contribution < -0.4 is 15.6 Å². The quantitative estimate of drug-likeness (QED) is 0.707. The van der Waals surface area contributed by atoms with Crippen LogP contribution in [0.15, 0.2) is 40.0 Å². The van der Waals surface area contributed by atoms with E-state index in [4.69, 9.17) is 4.74 Å². The van der Waals surface area contributed by atoms with Gasteiger partial charge in [0.15, 0.2) is 0 Å². The second kappa shape index (κ2) is 6.64. The molecule has 7 nitrogen and oxygen atoms in total. The molecule has 1 aromatic carbocycles. The summed E-state index contributed by atoms with van der Waals surface area (Å²) in [5, 5.41) is 4.01. The molecule has 0 aliphatic carbocycles. The molecule has 0 saturated carbocycles. The largest absolute Gasteiger partial charge is 0.383 e. The van der Waals surface area contributed by atoms with Gasteiger partial charge in [-0.15, -0.1) is 0 Å². The average Bonchev–Trinajstić information content (AvgIpc) is 3.02. The highest BCUT2D eigenvalue weighted by atomic mass is 32.2. The van der Waals surface area contributed by atoms with Gasteiger partial charge in [-0.25, -0.2) is 13.1 Å². The van der Waals surface area contributed by atoms with Crippen LogP contribution in [0.4, 0.5) is 0 Å². The number of sulfonamides is 1. The number of fused-ring (bicyclic) bond motifs is 1. The molecule has 1 atom stereocenters. The number of rotatable bonds is 6. The molecule has 0 spiro atoms. The number of aromatic nitrogens is 1. The first-order chi connectivity index (χ1) is 11.4. The van der Waals surface area contributed by atoms with E-state index in [2.05, 4.69) is 15.0 Å². The maximum Gasteiger partial charge on any atom is 0.248 e. The lowest BCUT2D eigenvalue weighted by atomic mass is 9.99. The Morgan fingerprint density at radius 2 is 2.12 bits per heavy atom. The lowest BCUT2D eigenvalue weighted by Crippen LogP contribution is -2.52. The third-order valence-corrected chi connectivity index (χ3v) is 5.76. The maximum absolute atomic E-state index is 12.6. The number of methoxy groups -OCH3 is 1. The van der Waals surface area contributed by atoms with Crippen molar-refractivity contribution >= 4 is 20.9 Å².